The lowest BCUT2D eigenvalue weighted by Gasteiger charge is -2.15. The number of Topliss-reactive ketones (excluding diaryl/α,β-unsaturated/α-hetero) is 1. The fourth-order valence-electron chi connectivity index (χ4n) is 2.42. The molecular weight excluding hydrogens is 220 g/mol. The highest BCUT2D eigenvalue weighted by atomic mass is 16.1. The summed E-state index contributed by atoms with van der Waals surface area (Å²) in [6, 6.07) is 0. The fourth-order valence-corrected chi connectivity index (χ4v) is 2.42. The molecular formula is C17H34O. The van der Waals surface area contributed by atoms with Crippen molar-refractivity contribution in [3.63, 3.8) is 0 Å². The first-order valence-electron chi connectivity index (χ1n) is 7.91. The SMILES string of the molecule is CC(=O)CCC[C@H](C)CCC[C@H](C)CCC(C)C. The Balaban J connectivity index is 3.43. The molecule has 0 bridgehead atoms. The van der Waals surface area contributed by atoms with Crippen LogP contribution in [0.5, 0.6) is 0 Å². The van der Waals surface area contributed by atoms with Crippen LogP contribution in [0.25, 0.3) is 0 Å². The standard InChI is InChI=1S/C17H34O/c1-14(2)12-13-16(4)9-6-8-15(3)10-7-11-17(5)18/h14-16H,6-13H2,1-5H3/t15-,16+/m1/s1. The fraction of sp³-hybridized carbons (Fsp3) is 0.941. The topological polar surface area (TPSA) is 17.1 Å². The average molecular weight is 254 g/mol. The molecule has 0 aliphatic heterocycles. The molecule has 1 heteroatoms. The average Bonchev–Trinajstić information content (AvgIpc) is 2.25. The summed E-state index contributed by atoms with van der Waals surface area (Å²) in [7, 11) is 0. The van der Waals surface area contributed by atoms with Gasteiger partial charge in [-0.15, -0.1) is 0 Å². The molecule has 0 unspecified atom stereocenters. The maximum Gasteiger partial charge on any atom is 0.129 e. The van der Waals surface area contributed by atoms with Crippen molar-refractivity contribution >= 4 is 5.78 Å². The summed E-state index contributed by atoms with van der Waals surface area (Å²) in [6.45, 7) is 11.0. The Kier molecular flexibility index (Phi) is 10.4. The molecule has 0 saturated heterocycles. The van der Waals surface area contributed by atoms with E-state index in [0.717, 1.165) is 30.6 Å². The van der Waals surface area contributed by atoms with Crippen molar-refractivity contribution in [1.29, 1.82) is 0 Å². The number of carbonyl (C=O) groups excluding carboxylic acids is 1. The van der Waals surface area contributed by atoms with Crippen LogP contribution in [0.1, 0.15) is 86.0 Å². The van der Waals surface area contributed by atoms with Gasteiger partial charge in [-0.2, -0.15) is 0 Å². The van der Waals surface area contributed by atoms with E-state index in [1.54, 1.807) is 6.92 Å². The first-order valence-corrected chi connectivity index (χ1v) is 7.91. The molecule has 0 amide bonds. The van der Waals surface area contributed by atoms with E-state index < -0.39 is 0 Å². The molecule has 18 heavy (non-hydrogen) atoms. The normalized spacial score (nSPS) is 14.8. The minimum atomic E-state index is 0.338. The van der Waals surface area contributed by atoms with Crippen LogP contribution in [0.2, 0.25) is 0 Å². The minimum Gasteiger partial charge on any atom is -0.300 e. The zero-order valence-corrected chi connectivity index (χ0v) is 13.3. The van der Waals surface area contributed by atoms with Gasteiger partial charge in [0.05, 0.1) is 0 Å². The summed E-state index contributed by atoms with van der Waals surface area (Å²) < 4.78 is 0. The molecule has 0 aliphatic rings. The van der Waals surface area contributed by atoms with E-state index in [4.69, 9.17) is 0 Å². The van der Waals surface area contributed by atoms with Crippen LogP contribution in [0.4, 0.5) is 0 Å². The van der Waals surface area contributed by atoms with Crippen LogP contribution >= 0.6 is 0 Å². The predicted molar refractivity (Wildman–Crippen MR) is 80.8 cm³/mol. The van der Waals surface area contributed by atoms with Gasteiger partial charge in [0.25, 0.3) is 0 Å². The summed E-state index contributed by atoms with van der Waals surface area (Å²) in [5.41, 5.74) is 0. The Morgan fingerprint density at radius 2 is 1.28 bits per heavy atom. The molecule has 0 aliphatic carbocycles. The molecule has 0 saturated carbocycles. The van der Waals surface area contributed by atoms with Gasteiger partial charge in [0.1, 0.15) is 5.78 Å². The van der Waals surface area contributed by atoms with E-state index in [1.165, 1.54) is 38.5 Å². The van der Waals surface area contributed by atoms with E-state index in [2.05, 4.69) is 27.7 Å². The van der Waals surface area contributed by atoms with Gasteiger partial charge in [0.15, 0.2) is 0 Å². The van der Waals surface area contributed by atoms with E-state index >= 15 is 0 Å². The van der Waals surface area contributed by atoms with Crippen LogP contribution in [-0.4, -0.2) is 5.78 Å². The number of carbonyl (C=O) groups is 1. The van der Waals surface area contributed by atoms with E-state index in [9.17, 15) is 4.79 Å². The van der Waals surface area contributed by atoms with Gasteiger partial charge in [-0.25, -0.2) is 0 Å². The first-order chi connectivity index (χ1) is 8.41. The van der Waals surface area contributed by atoms with Gasteiger partial charge in [-0.3, -0.25) is 0 Å². The highest BCUT2D eigenvalue weighted by Crippen LogP contribution is 2.21. The molecule has 0 aromatic carbocycles. The third-order valence-corrected chi connectivity index (χ3v) is 3.86. The third kappa shape index (κ3) is 12.1. The molecule has 0 heterocycles. The summed E-state index contributed by atoms with van der Waals surface area (Å²) in [6.07, 6.45) is 9.91. The van der Waals surface area contributed by atoms with Gasteiger partial charge < -0.3 is 4.79 Å². The summed E-state index contributed by atoms with van der Waals surface area (Å²) in [4.78, 5) is 10.9. The second kappa shape index (κ2) is 10.6. The Hall–Kier alpha value is -0.330. The Morgan fingerprint density at radius 1 is 0.778 bits per heavy atom. The van der Waals surface area contributed by atoms with Gasteiger partial charge in [-0.05, 0) is 31.1 Å². The van der Waals surface area contributed by atoms with Crippen LogP contribution in [0.15, 0.2) is 0 Å². The van der Waals surface area contributed by atoms with E-state index in [1.807, 2.05) is 0 Å². The number of rotatable bonds is 11. The van der Waals surface area contributed by atoms with Crippen LogP contribution in [-0.2, 0) is 4.79 Å². The molecule has 2 atom stereocenters. The van der Waals surface area contributed by atoms with Crippen molar-refractivity contribution in [2.75, 3.05) is 0 Å². The third-order valence-electron chi connectivity index (χ3n) is 3.86. The first kappa shape index (κ1) is 17.7. The van der Waals surface area contributed by atoms with Crippen molar-refractivity contribution in [3.8, 4) is 0 Å². The van der Waals surface area contributed by atoms with Crippen LogP contribution in [0, 0.1) is 17.8 Å². The maximum atomic E-state index is 10.9. The Bertz CT molecular complexity index is 208. The molecule has 0 aromatic heterocycles. The second-order valence-corrected chi connectivity index (χ2v) is 6.71. The lowest BCUT2D eigenvalue weighted by atomic mass is 9.91. The summed E-state index contributed by atoms with van der Waals surface area (Å²) >= 11 is 0. The molecule has 0 N–H and O–H groups in total. The molecule has 0 aromatic rings. The van der Waals surface area contributed by atoms with Crippen molar-refractivity contribution in [1.82, 2.24) is 0 Å². The highest BCUT2D eigenvalue weighted by molar-refractivity contribution is 5.75. The molecule has 0 fully saturated rings. The zero-order chi connectivity index (χ0) is 14.0. The molecule has 108 valence electrons. The molecule has 0 radical (unpaired) electrons. The van der Waals surface area contributed by atoms with Crippen molar-refractivity contribution in [3.05, 3.63) is 0 Å². The predicted octanol–water partition coefficient (Wildman–Crippen LogP) is 5.62. The maximum absolute atomic E-state index is 10.9. The van der Waals surface area contributed by atoms with E-state index in [-0.39, 0.29) is 0 Å². The van der Waals surface area contributed by atoms with Crippen LogP contribution < -0.4 is 0 Å². The largest absolute Gasteiger partial charge is 0.300 e. The summed E-state index contributed by atoms with van der Waals surface area (Å²) in [5, 5.41) is 0. The zero-order valence-electron chi connectivity index (χ0n) is 13.3. The minimum absolute atomic E-state index is 0.338. The van der Waals surface area contributed by atoms with Gasteiger partial charge >= 0.3 is 0 Å². The molecule has 0 spiro atoms. The van der Waals surface area contributed by atoms with Crippen molar-refractivity contribution in [2.45, 2.75) is 86.0 Å². The monoisotopic (exact) mass is 254 g/mol. The lowest BCUT2D eigenvalue weighted by molar-refractivity contribution is -0.117. The van der Waals surface area contributed by atoms with Gasteiger partial charge in [-0.1, -0.05) is 66.2 Å². The van der Waals surface area contributed by atoms with Gasteiger partial charge in [0.2, 0.25) is 0 Å². The highest BCUT2D eigenvalue weighted by Gasteiger charge is 2.07. The summed E-state index contributed by atoms with van der Waals surface area (Å²) in [5.74, 6) is 2.86. The van der Waals surface area contributed by atoms with Crippen molar-refractivity contribution < 1.29 is 4.79 Å². The quantitative estimate of drug-likeness (QED) is 0.467. The van der Waals surface area contributed by atoms with Crippen molar-refractivity contribution in [2.24, 2.45) is 17.8 Å². The van der Waals surface area contributed by atoms with Crippen LogP contribution in [0.3, 0.4) is 0 Å². The second-order valence-electron chi connectivity index (χ2n) is 6.71. The number of hydrogen-bond acceptors (Lipinski definition) is 1. The number of hydrogen-bond donors (Lipinski definition) is 0. The lowest BCUT2D eigenvalue weighted by Crippen LogP contribution is -2.01. The Morgan fingerprint density at radius 3 is 1.78 bits per heavy atom. The van der Waals surface area contributed by atoms with Gasteiger partial charge in [0, 0.05) is 6.42 Å². The van der Waals surface area contributed by atoms with E-state index in [0.29, 0.717) is 5.78 Å². The molecule has 1 nitrogen and oxygen atoms in total. The number of ketones is 1. The Labute approximate surface area is 115 Å². The smallest absolute Gasteiger partial charge is 0.129 e. The molecule has 0 rings (SSSR count).